The maximum absolute atomic E-state index is 12.2. The zero-order valence-electron chi connectivity index (χ0n) is 12.8. The summed E-state index contributed by atoms with van der Waals surface area (Å²) in [6.45, 7) is 0.0971. The summed E-state index contributed by atoms with van der Waals surface area (Å²) in [5.41, 5.74) is 1.64. The molecule has 0 aromatic carbocycles. The Morgan fingerprint density at radius 3 is 2.92 bits per heavy atom. The SMILES string of the molecule is O=C(NCc1nc(-c2ccncc2)no1)c1cc(-c2ccco2)[nH]n1. The second kappa shape index (κ2) is 6.40. The summed E-state index contributed by atoms with van der Waals surface area (Å²) in [6.07, 6.45) is 4.83. The lowest BCUT2D eigenvalue weighted by Crippen LogP contribution is -2.23. The predicted molar refractivity (Wildman–Crippen MR) is 85.0 cm³/mol. The van der Waals surface area contributed by atoms with E-state index in [-0.39, 0.29) is 18.1 Å². The van der Waals surface area contributed by atoms with E-state index in [1.54, 1.807) is 49.0 Å². The lowest BCUT2D eigenvalue weighted by atomic mass is 10.2. The maximum atomic E-state index is 12.2. The summed E-state index contributed by atoms with van der Waals surface area (Å²) in [4.78, 5) is 20.3. The number of carbonyl (C=O) groups is 1. The van der Waals surface area contributed by atoms with Crippen LogP contribution in [-0.4, -0.2) is 31.2 Å². The van der Waals surface area contributed by atoms with E-state index >= 15 is 0 Å². The van der Waals surface area contributed by atoms with E-state index in [2.05, 4.69) is 30.6 Å². The zero-order chi connectivity index (χ0) is 17.1. The third kappa shape index (κ3) is 3.15. The highest BCUT2D eigenvalue weighted by Crippen LogP contribution is 2.18. The molecule has 0 bridgehead atoms. The highest BCUT2D eigenvalue weighted by molar-refractivity contribution is 5.93. The van der Waals surface area contributed by atoms with Gasteiger partial charge in [-0.1, -0.05) is 5.16 Å². The van der Waals surface area contributed by atoms with E-state index < -0.39 is 0 Å². The molecule has 25 heavy (non-hydrogen) atoms. The van der Waals surface area contributed by atoms with E-state index in [1.165, 1.54) is 0 Å². The van der Waals surface area contributed by atoms with Crippen LogP contribution in [0.4, 0.5) is 0 Å². The third-order valence-corrected chi connectivity index (χ3v) is 3.40. The number of pyridine rings is 1. The molecule has 0 aliphatic rings. The second-order valence-corrected chi connectivity index (χ2v) is 5.07. The lowest BCUT2D eigenvalue weighted by Gasteiger charge is -1.97. The Morgan fingerprint density at radius 2 is 2.12 bits per heavy atom. The summed E-state index contributed by atoms with van der Waals surface area (Å²) in [6, 6.07) is 8.67. The molecule has 4 aromatic heterocycles. The summed E-state index contributed by atoms with van der Waals surface area (Å²) in [5, 5.41) is 13.3. The molecule has 0 aliphatic heterocycles. The Labute approximate surface area is 141 Å². The van der Waals surface area contributed by atoms with Crippen molar-refractivity contribution < 1.29 is 13.7 Å². The fourth-order valence-electron chi connectivity index (χ4n) is 2.19. The Bertz CT molecular complexity index is 974. The number of H-pyrrole nitrogens is 1. The van der Waals surface area contributed by atoms with Gasteiger partial charge >= 0.3 is 0 Å². The molecule has 9 heteroatoms. The van der Waals surface area contributed by atoms with Gasteiger partial charge in [0, 0.05) is 24.0 Å². The normalized spacial score (nSPS) is 10.7. The molecule has 0 saturated heterocycles. The second-order valence-electron chi connectivity index (χ2n) is 5.07. The summed E-state index contributed by atoms with van der Waals surface area (Å²) in [5.74, 6) is 0.969. The van der Waals surface area contributed by atoms with Crippen molar-refractivity contribution in [3.63, 3.8) is 0 Å². The number of nitrogens with zero attached hydrogens (tertiary/aromatic N) is 4. The van der Waals surface area contributed by atoms with Gasteiger partial charge in [0.05, 0.1) is 12.8 Å². The van der Waals surface area contributed by atoms with E-state index in [4.69, 9.17) is 8.94 Å². The van der Waals surface area contributed by atoms with Gasteiger partial charge in [-0.15, -0.1) is 0 Å². The Balaban J connectivity index is 1.40. The van der Waals surface area contributed by atoms with Gasteiger partial charge in [0.1, 0.15) is 5.69 Å². The van der Waals surface area contributed by atoms with Crippen LogP contribution in [0, 0.1) is 0 Å². The van der Waals surface area contributed by atoms with Gasteiger partial charge in [0.25, 0.3) is 5.91 Å². The smallest absolute Gasteiger partial charge is 0.272 e. The fourth-order valence-corrected chi connectivity index (χ4v) is 2.19. The molecule has 0 spiro atoms. The number of nitrogens with one attached hydrogen (secondary N) is 2. The molecule has 4 heterocycles. The first kappa shape index (κ1) is 14.8. The first-order valence-corrected chi connectivity index (χ1v) is 7.40. The van der Waals surface area contributed by atoms with Gasteiger partial charge in [-0.2, -0.15) is 10.1 Å². The van der Waals surface area contributed by atoms with E-state index in [9.17, 15) is 4.79 Å². The number of aromatic nitrogens is 5. The van der Waals surface area contributed by atoms with Gasteiger partial charge < -0.3 is 14.3 Å². The van der Waals surface area contributed by atoms with Crippen molar-refractivity contribution in [2.75, 3.05) is 0 Å². The molecule has 0 saturated carbocycles. The van der Waals surface area contributed by atoms with Crippen molar-refractivity contribution in [2.24, 2.45) is 0 Å². The van der Waals surface area contributed by atoms with Gasteiger partial charge in [-0.05, 0) is 24.3 Å². The van der Waals surface area contributed by atoms with Crippen LogP contribution >= 0.6 is 0 Å². The summed E-state index contributed by atoms with van der Waals surface area (Å²) < 4.78 is 10.4. The molecule has 4 rings (SSSR count). The van der Waals surface area contributed by atoms with Crippen molar-refractivity contribution in [3.8, 4) is 22.8 Å². The van der Waals surface area contributed by atoms with Crippen molar-refractivity contribution in [1.29, 1.82) is 0 Å². The molecule has 9 nitrogen and oxygen atoms in total. The topological polar surface area (TPSA) is 123 Å². The zero-order valence-corrected chi connectivity index (χ0v) is 12.8. The number of rotatable bonds is 5. The van der Waals surface area contributed by atoms with Crippen LogP contribution in [-0.2, 0) is 6.54 Å². The van der Waals surface area contributed by atoms with Crippen LogP contribution < -0.4 is 5.32 Å². The van der Waals surface area contributed by atoms with Gasteiger partial charge in [-0.3, -0.25) is 14.9 Å². The molecule has 0 atom stereocenters. The fraction of sp³-hybridized carbons (Fsp3) is 0.0625. The highest BCUT2D eigenvalue weighted by atomic mass is 16.5. The third-order valence-electron chi connectivity index (χ3n) is 3.40. The molecule has 0 aliphatic carbocycles. The van der Waals surface area contributed by atoms with Gasteiger partial charge in [-0.25, -0.2) is 0 Å². The van der Waals surface area contributed by atoms with Crippen LogP contribution in [0.15, 0.2) is 57.9 Å². The molecule has 1 amide bonds. The van der Waals surface area contributed by atoms with Gasteiger partial charge in [0.15, 0.2) is 11.5 Å². The van der Waals surface area contributed by atoms with E-state index in [1.807, 2.05) is 0 Å². The van der Waals surface area contributed by atoms with Crippen LogP contribution in [0.25, 0.3) is 22.8 Å². The van der Waals surface area contributed by atoms with Gasteiger partial charge in [0.2, 0.25) is 11.7 Å². The molecule has 0 fully saturated rings. The summed E-state index contributed by atoms with van der Waals surface area (Å²) in [7, 11) is 0. The quantitative estimate of drug-likeness (QED) is 0.571. The first-order valence-electron chi connectivity index (χ1n) is 7.40. The number of hydrogen-bond donors (Lipinski definition) is 2. The van der Waals surface area contributed by atoms with Crippen molar-refractivity contribution in [2.45, 2.75) is 6.54 Å². The lowest BCUT2D eigenvalue weighted by molar-refractivity contribution is 0.0941. The number of furan rings is 1. The van der Waals surface area contributed by atoms with Crippen molar-refractivity contribution in [3.05, 3.63) is 60.6 Å². The summed E-state index contributed by atoms with van der Waals surface area (Å²) >= 11 is 0. The van der Waals surface area contributed by atoms with E-state index in [0.29, 0.717) is 23.2 Å². The number of hydrogen-bond acceptors (Lipinski definition) is 7. The molecule has 124 valence electrons. The minimum Gasteiger partial charge on any atom is -0.463 e. The predicted octanol–water partition coefficient (Wildman–Crippen LogP) is 2.04. The Kier molecular flexibility index (Phi) is 3.79. The van der Waals surface area contributed by atoms with Crippen LogP contribution in [0.5, 0.6) is 0 Å². The number of carbonyl (C=O) groups excluding carboxylic acids is 1. The van der Waals surface area contributed by atoms with E-state index in [0.717, 1.165) is 5.56 Å². The largest absolute Gasteiger partial charge is 0.463 e. The molecular formula is C16H12N6O3. The van der Waals surface area contributed by atoms with Crippen LogP contribution in [0.1, 0.15) is 16.4 Å². The minimum atomic E-state index is -0.363. The molecule has 4 aromatic rings. The molecule has 0 unspecified atom stereocenters. The van der Waals surface area contributed by atoms with Crippen LogP contribution in [0.3, 0.4) is 0 Å². The number of amides is 1. The molecule has 0 radical (unpaired) electrons. The average Bonchev–Trinajstić information content (AvgIpc) is 3.41. The molecule has 2 N–H and O–H groups in total. The first-order chi connectivity index (χ1) is 12.3. The highest BCUT2D eigenvalue weighted by Gasteiger charge is 2.14. The monoisotopic (exact) mass is 336 g/mol. The Hall–Kier alpha value is -3.75. The van der Waals surface area contributed by atoms with Crippen molar-refractivity contribution >= 4 is 5.91 Å². The Morgan fingerprint density at radius 1 is 1.24 bits per heavy atom. The van der Waals surface area contributed by atoms with Crippen LogP contribution in [0.2, 0.25) is 0 Å². The maximum Gasteiger partial charge on any atom is 0.272 e. The average molecular weight is 336 g/mol. The number of aromatic amines is 1. The standard InChI is InChI=1S/C16H12N6O3/c23-16(12-8-11(20-21-12)13-2-1-7-24-13)18-9-14-19-15(22-25-14)10-3-5-17-6-4-10/h1-8H,9H2,(H,18,23)(H,20,21). The van der Waals surface area contributed by atoms with Crippen molar-refractivity contribution in [1.82, 2.24) is 30.6 Å². The molecular weight excluding hydrogens is 324 g/mol. The minimum absolute atomic E-state index is 0.0971.